The molecular formula is C11H20N2O8. The Morgan fingerprint density at radius 2 is 2.10 bits per heavy atom. The molecule has 1 heterocycles. The lowest BCUT2D eigenvalue weighted by molar-refractivity contribution is -0.280. The maximum atomic E-state index is 11.3. The van der Waals surface area contributed by atoms with Crippen molar-refractivity contribution in [3.8, 4) is 0 Å². The lowest BCUT2D eigenvalue weighted by Gasteiger charge is -2.43. The van der Waals surface area contributed by atoms with Crippen molar-refractivity contribution >= 4 is 11.9 Å². The second kappa shape index (κ2) is 7.11. The largest absolute Gasteiger partial charge is 0.477 e. The van der Waals surface area contributed by atoms with E-state index in [0.29, 0.717) is 0 Å². The summed E-state index contributed by atoms with van der Waals surface area (Å²) in [5.41, 5.74) is 5.14. The minimum Gasteiger partial charge on any atom is -0.477 e. The third-order valence-electron chi connectivity index (χ3n) is 3.21. The van der Waals surface area contributed by atoms with Gasteiger partial charge in [0.15, 0.2) is 0 Å². The molecule has 21 heavy (non-hydrogen) atoms. The van der Waals surface area contributed by atoms with Gasteiger partial charge in [-0.05, 0) is 0 Å². The maximum absolute atomic E-state index is 11.3. The lowest BCUT2D eigenvalue weighted by atomic mass is 9.90. The summed E-state index contributed by atoms with van der Waals surface area (Å²) in [5.74, 6) is -4.95. The van der Waals surface area contributed by atoms with E-state index < -0.39 is 55.0 Å². The van der Waals surface area contributed by atoms with Crippen molar-refractivity contribution in [3.63, 3.8) is 0 Å². The summed E-state index contributed by atoms with van der Waals surface area (Å²) in [6, 6.07) is -1.07. The molecule has 0 aromatic heterocycles. The fourth-order valence-corrected chi connectivity index (χ4v) is 2.14. The van der Waals surface area contributed by atoms with E-state index in [1.54, 1.807) is 0 Å². The molecule has 0 saturated carbocycles. The molecule has 1 aliphatic rings. The Morgan fingerprint density at radius 3 is 2.57 bits per heavy atom. The van der Waals surface area contributed by atoms with Crippen LogP contribution in [0.25, 0.3) is 0 Å². The summed E-state index contributed by atoms with van der Waals surface area (Å²) in [4.78, 5) is 22.3. The number of carbonyl (C=O) groups excluding carboxylic acids is 1. The number of aliphatic hydroxyl groups is 4. The molecule has 8 N–H and O–H groups in total. The minimum absolute atomic E-state index is 0.293. The van der Waals surface area contributed by atoms with Gasteiger partial charge in [0.1, 0.15) is 0 Å². The first-order valence-corrected chi connectivity index (χ1v) is 6.33. The van der Waals surface area contributed by atoms with E-state index in [2.05, 4.69) is 5.32 Å². The van der Waals surface area contributed by atoms with E-state index >= 15 is 0 Å². The number of rotatable bonds is 6. The van der Waals surface area contributed by atoms with E-state index in [-0.39, 0.29) is 13.0 Å². The van der Waals surface area contributed by atoms with Crippen LogP contribution in [0.3, 0.4) is 0 Å². The van der Waals surface area contributed by atoms with Crippen LogP contribution in [-0.4, -0.2) is 80.7 Å². The van der Waals surface area contributed by atoms with Crippen LogP contribution in [0.5, 0.6) is 0 Å². The molecule has 0 aromatic rings. The van der Waals surface area contributed by atoms with Crippen LogP contribution in [0.1, 0.15) is 12.8 Å². The van der Waals surface area contributed by atoms with Crippen LogP contribution in [0.15, 0.2) is 0 Å². The Kier molecular flexibility index (Phi) is 6.01. The molecule has 1 amide bonds. The molecule has 0 radical (unpaired) electrons. The fraction of sp³-hybridized carbons (Fsp3) is 0.818. The topological polar surface area (TPSA) is 183 Å². The Labute approximate surface area is 120 Å². The summed E-state index contributed by atoms with van der Waals surface area (Å²) in [5, 5.41) is 49.3. The Balaban J connectivity index is 2.94. The lowest BCUT2D eigenvalue weighted by Crippen LogP contribution is -2.64. The number of nitrogens with two attached hydrogens (primary N) is 1. The smallest absolute Gasteiger partial charge is 0.364 e. The Bertz CT molecular complexity index is 392. The number of carboxylic acids is 1. The van der Waals surface area contributed by atoms with Gasteiger partial charge in [0.2, 0.25) is 5.91 Å². The van der Waals surface area contributed by atoms with Crippen molar-refractivity contribution in [1.82, 2.24) is 5.32 Å². The summed E-state index contributed by atoms with van der Waals surface area (Å²) in [6.45, 7) is -0.985. The summed E-state index contributed by atoms with van der Waals surface area (Å²) >= 11 is 0. The molecule has 1 aliphatic heterocycles. The third kappa shape index (κ3) is 4.33. The highest BCUT2D eigenvalue weighted by Gasteiger charge is 2.51. The molecule has 1 rings (SSSR count). The van der Waals surface area contributed by atoms with Crippen LogP contribution in [-0.2, 0) is 14.3 Å². The number of carbonyl (C=O) groups is 2. The molecule has 10 heteroatoms. The average molecular weight is 308 g/mol. The number of nitrogens with one attached hydrogen (secondary N) is 1. The SMILES string of the molecule is NCC(=O)NC1C(C[C@H](O)CO)O[C@@](O)(C(=O)O)C[C@H]1O. The van der Waals surface area contributed by atoms with E-state index in [0.717, 1.165) is 0 Å². The van der Waals surface area contributed by atoms with Crippen molar-refractivity contribution < 1.29 is 39.9 Å². The molecule has 0 aliphatic carbocycles. The van der Waals surface area contributed by atoms with Gasteiger partial charge in [0.05, 0.1) is 37.5 Å². The quantitative estimate of drug-likeness (QED) is 0.258. The zero-order chi connectivity index (χ0) is 16.2. The Morgan fingerprint density at radius 1 is 1.48 bits per heavy atom. The van der Waals surface area contributed by atoms with Gasteiger partial charge in [-0.3, -0.25) is 4.79 Å². The number of ether oxygens (including phenoxy) is 1. The van der Waals surface area contributed by atoms with Crippen LogP contribution >= 0.6 is 0 Å². The highest BCUT2D eigenvalue weighted by Crippen LogP contribution is 2.30. The predicted molar refractivity (Wildman–Crippen MR) is 66.8 cm³/mol. The molecule has 1 fully saturated rings. The standard InChI is InChI=1S/C11H20N2O8/c12-3-8(17)13-9-6(16)2-11(20,10(18)19)21-7(9)1-5(15)4-14/h5-7,9,14-16,20H,1-4,12H2,(H,13,17)(H,18,19)/t5-,6+,7?,9?,11+/m0/s1. The second-order valence-electron chi connectivity index (χ2n) is 4.89. The monoisotopic (exact) mass is 308 g/mol. The number of aliphatic hydroxyl groups excluding tert-OH is 3. The van der Waals surface area contributed by atoms with Crippen molar-refractivity contribution in [1.29, 1.82) is 0 Å². The van der Waals surface area contributed by atoms with Crippen LogP contribution in [0.2, 0.25) is 0 Å². The third-order valence-corrected chi connectivity index (χ3v) is 3.21. The van der Waals surface area contributed by atoms with Gasteiger partial charge in [-0.15, -0.1) is 0 Å². The maximum Gasteiger partial charge on any atom is 0.364 e. The average Bonchev–Trinajstić information content (AvgIpc) is 2.41. The van der Waals surface area contributed by atoms with E-state index in [1.165, 1.54) is 0 Å². The highest BCUT2D eigenvalue weighted by atomic mass is 16.7. The van der Waals surface area contributed by atoms with Gasteiger partial charge in [-0.25, -0.2) is 4.79 Å². The summed E-state index contributed by atoms with van der Waals surface area (Å²) in [6.07, 6.45) is -4.86. The first-order chi connectivity index (χ1) is 9.73. The fourth-order valence-electron chi connectivity index (χ4n) is 2.14. The molecule has 2 unspecified atom stereocenters. The van der Waals surface area contributed by atoms with Gasteiger partial charge in [-0.2, -0.15) is 0 Å². The molecule has 0 spiro atoms. The van der Waals surface area contributed by atoms with E-state index in [9.17, 15) is 24.9 Å². The first kappa shape index (κ1) is 17.8. The van der Waals surface area contributed by atoms with E-state index in [4.69, 9.17) is 20.7 Å². The molecule has 10 nitrogen and oxygen atoms in total. The number of aliphatic carboxylic acids is 1. The van der Waals surface area contributed by atoms with Crippen LogP contribution in [0.4, 0.5) is 0 Å². The summed E-state index contributed by atoms with van der Waals surface area (Å²) < 4.78 is 5.01. The molecule has 122 valence electrons. The summed E-state index contributed by atoms with van der Waals surface area (Å²) in [7, 11) is 0. The van der Waals surface area contributed by atoms with Crippen molar-refractivity contribution in [2.24, 2.45) is 5.73 Å². The molecule has 0 bridgehead atoms. The van der Waals surface area contributed by atoms with Crippen LogP contribution in [0, 0.1) is 0 Å². The zero-order valence-electron chi connectivity index (χ0n) is 11.2. The second-order valence-corrected chi connectivity index (χ2v) is 4.89. The number of hydrogen-bond acceptors (Lipinski definition) is 8. The van der Waals surface area contributed by atoms with Gasteiger partial charge in [0, 0.05) is 12.8 Å². The molecule has 0 aromatic carbocycles. The number of hydrogen-bond donors (Lipinski definition) is 7. The van der Waals surface area contributed by atoms with Gasteiger partial charge in [0.25, 0.3) is 5.79 Å². The first-order valence-electron chi connectivity index (χ1n) is 6.33. The predicted octanol–water partition coefficient (Wildman–Crippen LogP) is -3.90. The van der Waals surface area contributed by atoms with Gasteiger partial charge < -0.3 is 41.3 Å². The van der Waals surface area contributed by atoms with Crippen LogP contribution < -0.4 is 11.1 Å². The van der Waals surface area contributed by atoms with Crippen molar-refractivity contribution in [2.45, 2.75) is 43.0 Å². The number of carboxylic acid groups (broad SMARTS) is 1. The minimum atomic E-state index is -2.64. The normalized spacial score (nSPS) is 34.2. The van der Waals surface area contributed by atoms with Gasteiger partial charge >= 0.3 is 5.97 Å². The molecule has 1 saturated heterocycles. The molecular weight excluding hydrogens is 288 g/mol. The van der Waals surface area contributed by atoms with Crippen molar-refractivity contribution in [3.05, 3.63) is 0 Å². The molecule has 5 atom stereocenters. The Hall–Kier alpha value is -1.30. The highest BCUT2D eigenvalue weighted by molar-refractivity contribution is 5.78. The zero-order valence-corrected chi connectivity index (χ0v) is 11.2. The number of amides is 1. The van der Waals surface area contributed by atoms with Gasteiger partial charge in [-0.1, -0.05) is 0 Å². The van der Waals surface area contributed by atoms with E-state index in [1.807, 2.05) is 0 Å². The van der Waals surface area contributed by atoms with Crippen molar-refractivity contribution in [2.75, 3.05) is 13.2 Å².